The molecule has 0 bridgehead atoms. The minimum atomic E-state index is -4.99. The molecule has 0 fully saturated rings. The van der Waals surface area contributed by atoms with Gasteiger partial charge in [0.2, 0.25) is 0 Å². The summed E-state index contributed by atoms with van der Waals surface area (Å²) in [5, 5.41) is 0. The van der Waals surface area contributed by atoms with Crippen LogP contribution in [0.15, 0.2) is 55.1 Å². The Morgan fingerprint density at radius 2 is 1.61 bits per heavy atom. The molecule has 11 heteroatoms. The number of rotatable bonds is 5. The van der Waals surface area contributed by atoms with Gasteiger partial charge in [-0.25, -0.2) is 9.37 Å². The van der Waals surface area contributed by atoms with Gasteiger partial charge in [-0.05, 0) is 29.8 Å². The van der Waals surface area contributed by atoms with Gasteiger partial charge >= 0.3 is 12.4 Å². The summed E-state index contributed by atoms with van der Waals surface area (Å²) in [6.07, 6.45) is -5.89. The molecule has 0 saturated heterocycles. The molecule has 31 heavy (non-hydrogen) atoms. The van der Waals surface area contributed by atoms with Crippen LogP contribution in [-0.2, 0) is 12.4 Å². The lowest BCUT2D eigenvalue weighted by Gasteiger charge is -2.21. The van der Waals surface area contributed by atoms with Crippen molar-refractivity contribution in [1.29, 1.82) is 0 Å². The van der Waals surface area contributed by atoms with E-state index in [0.717, 1.165) is 30.6 Å². The Labute approximate surface area is 170 Å². The van der Waals surface area contributed by atoms with E-state index in [4.69, 9.17) is 0 Å². The van der Waals surface area contributed by atoms with Crippen molar-refractivity contribution in [2.24, 2.45) is 0 Å². The first-order chi connectivity index (χ1) is 14.5. The first-order valence-corrected chi connectivity index (χ1v) is 8.66. The number of carbonyl (C=O) groups excluding carboxylic acids is 1. The fourth-order valence-electron chi connectivity index (χ4n) is 3.02. The Morgan fingerprint density at radius 1 is 0.903 bits per heavy atom. The quantitative estimate of drug-likeness (QED) is 0.389. The standard InChI is InChI=1S/C20H12F7N3O/c21-15-8-11(3-4-13(15)19(22,23)24)12(9-17(31)16-10-28-6-7-29-16)18-14(20(25,26)27)2-1-5-30-18/h1-8,10,12H,9H2/t12-/m0/s1. The molecule has 0 radical (unpaired) electrons. The van der Waals surface area contributed by atoms with Crippen molar-refractivity contribution in [2.75, 3.05) is 0 Å². The molecule has 0 unspecified atom stereocenters. The third-order valence-electron chi connectivity index (χ3n) is 4.41. The van der Waals surface area contributed by atoms with Crippen molar-refractivity contribution in [3.8, 4) is 0 Å². The van der Waals surface area contributed by atoms with Crippen molar-refractivity contribution in [1.82, 2.24) is 15.0 Å². The SMILES string of the molecule is O=C(C[C@@H](c1ccc(C(F)(F)F)c(F)c1)c1ncccc1C(F)(F)F)c1cnccn1. The number of hydrogen-bond acceptors (Lipinski definition) is 4. The van der Waals surface area contributed by atoms with Crippen LogP contribution < -0.4 is 0 Å². The first-order valence-electron chi connectivity index (χ1n) is 8.66. The molecule has 162 valence electrons. The van der Waals surface area contributed by atoms with Gasteiger partial charge in [0.05, 0.1) is 23.0 Å². The Kier molecular flexibility index (Phi) is 6.05. The molecule has 0 spiro atoms. The molecule has 0 aliphatic heterocycles. The van der Waals surface area contributed by atoms with Crippen LogP contribution in [0.5, 0.6) is 0 Å². The zero-order valence-corrected chi connectivity index (χ0v) is 15.4. The predicted molar refractivity (Wildman–Crippen MR) is 93.5 cm³/mol. The molecular formula is C20H12F7N3O. The summed E-state index contributed by atoms with van der Waals surface area (Å²) in [4.78, 5) is 23.8. The highest BCUT2D eigenvalue weighted by Crippen LogP contribution is 2.39. The van der Waals surface area contributed by atoms with Crippen molar-refractivity contribution in [2.45, 2.75) is 24.7 Å². The van der Waals surface area contributed by atoms with E-state index in [9.17, 15) is 35.5 Å². The van der Waals surface area contributed by atoms with Crippen LogP contribution in [0.1, 0.15) is 45.2 Å². The maximum absolute atomic E-state index is 14.1. The number of hydrogen-bond donors (Lipinski definition) is 0. The first kappa shape index (κ1) is 22.3. The van der Waals surface area contributed by atoms with E-state index in [1.807, 2.05) is 0 Å². The van der Waals surface area contributed by atoms with Crippen LogP contribution in [-0.4, -0.2) is 20.7 Å². The van der Waals surface area contributed by atoms with E-state index in [1.54, 1.807) is 0 Å². The second-order valence-corrected chi connectivity index (χ2v) is 6.44. The average molecular weight is 443 g/mol. The number of carbonyl (C=O) groups is 1. The van der Waals surface area contributed by atoms with Crippen molar-refractivity contribution in [3.05, 3.63) is 89.0 Å². The fourth-order valence-corrected chi connectivity index (χ4v) is 3.02. The van der Waals surface area contributed by atoms with Crippen LogP contribution in [0.25, 0.3) is 0 Å². The number of benzene rings is 1. The Balaban J connectivity index is 2.12. The molecular weight excluding hydrogens is 431 g/mol. The van der Waals surface area contributed by atoms with Crippen LogP contribution in [0, 0.1) is 5.82 Å². The lowest BCUT2D eigenvalue weighted by Crippen LogP contribution is -2.18. The average Bonchev–Trinajstić information content (AvgIpc) is 2.71. The molecule has 3 rings (SSSR count). The summed E-state index contributed by atoms with van der Waals surface area (Å²) in [5.41, 5.74) is -3.82. The number of nitrogens with zero attached hydrogens (tertiary/aromatic N) is 3. The number of Topliss-reactive ketones (excluding diaryl/α,β-unsaturated/α-hetero) is 1. The summed E-state index contributed by atoms with van der Waals surface area (Å²) >= 11 is 0. The molecule has 0 amide bonds. The van der Waals surface area contributed by atoms with Crippen molar-refractivity contribution in [3.63, 3.8) is 0 Å². The van der Waals surface area contributed by atoms with Crippen molar-refractivity contribution < 1.29 is 35.5 Å². The van der Waals surface area contributed by atoms with Crippen LogP contribution in [0.3, 0.4) is 0 Å². The Morgan fingerprint density at radius 3 is 2.19 bits per heavy atom. The summed E-state index contributed by atoms with van der Waals surface area (Å²) < 4.78 is 93.3. The second-order valence-electron chi connectivity index (χ2n) is 6.44. The third-order valence-corrected chi connectivity index (χ3v) is 4.41. The normalized spacial score (nSPS) is 13.1. The summed E-state index contributed by atoms with van der Waals surface area (Å²) in [5.74, 6) is -3.90. The number of alkyl halides is 6. The maximum Gasteiger partial charge on any atom is 0.419 e. The number of ketones is 1. The summed E-state index contributed by atoms with van der Waals surface area (Å²) in [6, 6.07) is 3.46. The van der Waals surface area contributed by atoms with Crippen LogP contribution >= 0.6 is 0 Å². The van der Waals surface area contributed by atoms with Crippen LogP contribution in [0.2, 0.25) is 0 Å². The zero-order chi connectivity index (χ0) is 22.8. The van der Waals surface area contributed by atoms with Gasteiger partial charge in [0.1, 0.15) is 11.5 Å². The van der Waals surface area contributed by atoms with Gasteiger partial charge in [-0.3, -0.25) is 14.8 Å². The molecule has 1 aromatic carbocycles. The van der Waals surface area contributed by atoms with E-state index in [1.165, 1.54) is 12.4 Å². The van der Waals surface area contributed by atoms with Crippen LogP contribution in [0.4, 0.5) is 30.7 Å². The topological polar surface area (TPSA) is 55.7 Å². The maximum atomic E-state index is 14.1. The highest BCUT2D eigenvalue weighted by atomic mass is 19.4. The highest BCUT2D eigenvalue weighted by molar-refractivity contribution is 5.94. The second kappa shape index (κ2) is 8.40. The molecule has 0 saturated carbocycles. The van der Waals surface area contributed by atoms with Gasteiger partial charge in [0.15, 0.2) is 5.78 Å². The molecule has 3 aromatic rings. The van der Waals surface area contributed by atoms with Gasteiger partial charge in [-0.1, -0.05) is 6.07 Å². The summed E-state index contributed by atoms with van der Waals surface area (Å²) in [6.45, 7) is 0. The molecule has 4 nitrogen and oxygen atoms in total. The van der Waals surface area contributed by atoms with Gasteiger partial charge in [0, 0.05) is 30.9 Å². The monoisotopic (exact) mass is 443 g/mol. The summed E-state index contributed by atoms with van der Waals surface area (Å²) in [7, 11) is 0. The molecule has 0 N–H and O–H groups in total. The van der Waals surface area contributed by atoms with Gasteiger partial charge < -0.3 is 0 Å². The van der Waals surface area contributed by atoms with E-state index in [-0.39, 0.29) is 11.3 Å². The molecule has 2 aromatic heterocycles. The molecule has 0 aliphatic carbocycles. The lowest BCUT2D eigenvalue weighted by molar-refractivity contribution is -0.140. The number of halogens is 7. The number of pyridine rings is 1. The Bertz CT molecular complexity index is 1080. The van der Waals surface area contributed by atoms with E-state index in [0.29, 0.717) is 12.1 Å². The van der Waals surface area contributed by atoms with Gasteiger partial charge in [0.25, 0.3) is 0 Å². The smallest absolute Gasteiger partial charge is 0.292 e. The van der Waals surface area contributed by atoms with Crippen molar-refractivity contribution >= 4 is 5.78 Å². The molecule has 2 heterocycles. The third kappa shape index (κ3) is 5.04. The molecule has 0 aliphatic rings. The fraction of sp³-hybridized carbons (Fsp3) is 0.200. The van der Waals surface area contributed by atoms with Gasteiger partial charge in [-0.15, -0.1) is 0 Å². The predicted octanol–water partition coefficient (Wildman–Crippen LogP) is 5.45. The van der Waals surface area contributed by atoms with E-state index < -0.39 is 53.1 Å². The minimum Gasteiger partial charge on any atom is -0.292 e. The molecule has 1 atom stereocenters. The van der Waals surface area contributed by atoms with E-state index in [2.05, 4.69) is 15.0 Å². The Hall–Kier alpha value is -3.37. The van der Waals surface area contributed by atoms with Gasteiger partial charge in [-0.2, -0.15) is 26.3 Å². The lowest BCUT2D eigenvalue weighted by atomic mass is 9.86. The zero-order valence-electron chi connectivity index (χ0n) is 15.4. The largest absolute Gasteiger partial charge is 0.419 e. The number of aromatic nitrogens is 3. The highest BCUT2D eigenvalue weighted by Gasteiger charge is 2.38. The minimum absolute atomic E-state index is 0.163. The van der Waals surface area contributed by atoms with E-state index >= 15 is 0 Å².